The number of hydrogen-bond acceptors (Lipinski definition) is 4. The van der Waals surface area contributed by atoms with Crippen LogP contribution in [0.1, 0.15) is 51.8 Å². The largest absolute Gasteiger partial charge is 0.460 e. The summed E-state index contributed by atoms with van der Waals surface area (Å²) in [5.41, 5.74) is 3.46. The maximum Gasteiger partial charge on any atom is 0.152 e. The number of nitrogens with zero attached hydrogens (tertiary/aromatic N) is 2. The van der Waals surface area contributed by atoms with Gasteiger partial charge in [-0.1, -0.05) is 34.6 Å². The van der Waals surface area contributed by atoms with E-state index >= 15 is 0 Å². The minimum Gasteiger partial charge on any atom is -0.460 e. The number of pyridine rings is 2. The van der Waals surface area contributed by atoms with Gasteiger partial charge < -0.3 is 8.83 Å². The van der Waals surface area contributed by atoms with E-state index in [0.29, 0.717) is 0 Å². The van der Waals surface area contributed by atoms with Gasteiger partial charge in [0.1, 0.15) is 22.6 Å². The summed E-state index contributed by atoms with van der Waals surface area (Å²) in [6.45, 7) is 10.8. The topological polar surface area (TPSA) is 52.1 Å². The van der Waals surface area contributed by atoms with Gasteiger partial charge in [0.05, 0.1) is 0 Å². The lowest BCUT2D eigenvalue weighted by Crippen LogP contribution is -2.20. The molecule has 26 heavy (non-hydrogen) atoms. The molecule has 4 heteroatoms. The first-order valence-corrected chi connectivity index (χ1v) is 8.96. The molecule has 4 rings (SSSR count). The molecule has 4 aromatic heterocycles. The summed E-state index contributed by atoms with van der Waals surface area (Å²) in [6, 6.07) is 10.1. The van der Waals surface area contributed by atoms with Crippen molar-refractivity contribution >= 4 is 22.1 Å². The van der Waals surface area contributed by atoms with Crippen molar-refractivity contribution < 1.29 is 8.83 Å². The highest BCUT2D eigenvalue weighted by Crippen LogP contribution is 2.33. The third-order valence-corrected chi connectivity index (χ3v) is 4.78. The molecule has 4 nitrogen and oxygen atoms in total. The predicted molar refractivity (Wildman–Crippen MR) is 103 cm³/mol. The normalized spacial score (nSPS) is 13.0. The molecule has 0 radical (unpaired) electrons. The van der Waals surface area contributed by atoms with Gasteiger partial charge in [0.2, 0.25) is 0 Å². The summed E-state index contributed by atoms with van der Waals surface area (Å²) >= 11 is 0. The Kier molecular flexibility index (Phi) is 3.69. The average molecular weight is 348 g/mol. The van der Waals surface area contributed by atoms with E-state index < -0.39 is 0 Å². The van der Waals surface area contributed by atoms with Crippen LogP contribution in [0.3, 0.4) is 0 Å². The van der Waals surface area contributed by atoms with Crippen LogP contribution >= 0.6 is 0 Å². The predicted octanol–water partition coefficient (Wildman–Crippen LogP) is 5.79. The lowest BCUT2D eigenvalue weighted by molar-refractivity contribution is 0.396. The van der Waals surface area contributed by atoms with Crippen molar-refractivity contribution in [3.05, 3.63) is 59.9 Å². The molecule has 4 aromatic rings. The van der Waals surface area contributed by atoms with E-state index in [1.807, 2.05) is 24.4 Å². The Bertz CT molecular complexity index is 1050. The third-order valence-electron chi connectivity index (χ3n) is 4.78. The van der Waals surface area contributed by atoms with E-state index in [9.17, 15) is 0 Å². The van der Waals surface area contributed by atoms with Crippen LogP contribution in [0.2, 0.25) is 0 Å². The molecule has 0 N–H and O–H groups in total. The fourth-order valence-electron chi connectivity index (χ4n) is 3.19. The number of furan rings is 2. The van der Waals surface area contributed by atoms with Gasteiger partial charge in [0.25, 0.3) is 0 Å². The van der Waals surface area contributed by atoms with Gasteiger partial charge in [0, 0.05) is 46.8 Å². The molecular weight excluding hydrogens is 324 g/mol. The number of hydrogen-bond donors (Lipinski definition) is 0. The van der Waals surface area contributed by atoms with E-state index in [1.165, 1.54) is 0 Å². The van der Waals surface area contributed by atoms with Gasteiger partial charge in [-0.25, -0.2) is 4.98 Å². The molecule has 0 atom stereocenters. The quantitative estimate of drug-likeness (QED) is 0.470. The first-order valence-electron chi connectivity index (χ1n) is 8.96. The van der Waals surface area contributed by atoms with E-state index in [-0.39, 0.29) is 10.8 Å². The van der Waals surface area contributed by atoms with Crippen molar-refractivity contribution in [3.8, 4) is 0 Å². The second-order valence-corrected chi connectivity index (χ2v) is 8.63. The molecule has 0 saturated heterocycles. The second kappa shape index (κ2) is 5.70. The highest BCUT2D eigenvalue weighted by Gasteiger charge is 2.27. The Balaban J connectivity index is 1.66. The Hall–Kier alpha value is -2.62. The molecule has 0 saturated carbocycles. The van der Waals surface area contributed by atoms with Gasteiger partial charge in [-0.05, 0) is 24.3 Å². The number of aromatic nitrogens is 2. The zero-order valence-corrected chi connectivity index (χ0v) is 16.0. The van der Waals surface area contributed by atoms with E-state index in [1.54, 1.807) is 6.20 Å². The molecule has 134 valence electrons. The van der Waals surface area contributed by atoms with E-state index in [4.69, 9.17) is 13.8 Å². The zero-order valence-electron chi connectivity index (χ0n) is 16.0. The summed E-state index contributed by atoms with van der Waals surface area (Å²) in [5.74, 6) is 1.91. The van der Waals surface area contributed by atoms with Crippen molar-refractivity contribution in [2.24, 2.45) is 0 Å². The van der Waals surface area contributed by atoms with Crippen molar-refractivity contribution in [1.82, 2.24) is 9.97 Å². The Morgan fingerprint density at radius 3 is 2.38 bits per heavy atom. The minimum absolute atomic E-state index is 0.0254. The first kappa shape index (κ1) is 16.8. The Morgan fingerprint density at radius 2 is 1.65 bits per heavy atom. The molecule has 0 amide bonds. The third kappa shape index (κ3) is 3.00. The summed E-state index contributed by atoms with van der Waals surface area (Å²) in [7, 11) is 0. The smallest absolute Gasteiger partial charge is 0.152 e. The second-order valence-electron chi connectivity index (χ2n) is 8.63. The summed E-state index contributed by atoms with van der Waals surface area (Å²) in [6.07, 6.45) is 4.37. The van der Waals surface area contributed by atoms with Crippen molar-refractivity contribution in [1.29, 1.82) is 0 Å². The van der Waals surface area contributed by atoms with Crippen LogP contribution < -0.4 is 0 Å². The van der Waals surface area contributed by atoms with Crippen LogP contribution in [-0.4, -0.2) is 9.97 Å². The highest BCUT2D eigenvalue weighted by atomic mass is 16.3. The van der Waals surface area contributed by atoms with Crippen LogP contribution in [0.15, 0.2) is 51.6 Å². The van der Waals surface area contributed by atoms with E-state index in [0.717, 1.165) is 45.7 Å². The number of fused-ring (bicyclic) bond motifs is 2. The standard InChI is InChI=1S/C22H24N2O2/c1-21(2,3)19-11-16-18(26-19)7-6-15(24-16)12-22(4,5)20-10-14-13-23-9-8-17(14)25-20/h6-11,13H,12H2,1-5H3. The highest BCUT2D eigenvalue weighted by molar-refractivity contribution is 5.77. The molecule has 0 spiro atoms. The van der Waals surface area contributed by atoms with Gasteiger partial charge in [-0.15, -0.1) is 0 Å². The van der Waals surface area contributed by atoms with Gasteiger partial charge in [-0.2, -0.15) is 0 Å². The number of rotatable bonds is 3. The molecule has 4 heterocycles. The van der Waals surface area contributed by atoms with Crippen LogP contribution in [0.5, 0.6) is 0 Å². The van der Waals surface area contributed by atoms with Crippen LogP contribution in [0, 0.1) is 0 Å². The minimum atomic E-state index is -0.170. The van der Waals surface area contributed by atoms with Gasteiger partial charge in [0.15, 0.2) is 5.58 Å². The summed E-state index contributed by atoms with van der Waals surface area (Å²) < 4.78 is 12.0. The molecule has 0 unspecified atom stereocenters. The summed E-state index contributed by atoms with van der Waals surface area (Å²) in [4.78, 5) is 8.99. The van der Waals surface area contributed by atoms with Crippen molar-refractivity contribution in [2.45, 2.75) is 51.9 Å². The maximum atomic E-state index is 6.06. The molecule has 0 bridgehead atoms. The molecule has 0 aromatic carbocycles. The fourth-order valence-corrected chi connectivity index (χ4v) is 3.19. The summed E-state index contributed by atoms with van der Waals surface area (Å²) in [5, 5.41) is 1.03. The Labute approximate surface area is 153 Å². The monoisotopic (exact) mass is 348 g/mol. The van der Waals surface area contributed by atoms with Crippen molar-refractivity contribution in [3.63, 3.8) is 0 Å². The lowest BCUT2D eigenvalue weighted by Gasteiger charge is -2.21. The average Bonchev–Trinajstić information content (AvgIpc) is 3.18. The molecule has 0 aliphatic rings. The van der Waals surface area contributed by atoms with E-state index in [2.05, 4.69) is 51.7 Å². The van der Waals surface area contributed by atoms with Crippen LogP contribution in [0.25, 0.3) is 22.1 Å². The fraction of sp³-hybridized carbons (Fsp3) is 0.364. The molecule has 0 aliphatic carbocycles. The van der Waals surface area contributed by atoms with Crippen molar-refractivity contribution in [2.75, 3.05) is 0 Å². The molecule has 0 aliphatic heterocycles. The molecule has 0 fully saturated rings. The van der Waals surface area contributed by atoms with Crippen LogP contribution in [-0.2, 0) is 17.3 Å². The SMILES string of the molecule is CC(C)(C)c1cc2nc(CC(C)(C)c3cc4cnccc4o3)ccc2o1. The van der Waals surface area contributed by atoms with Gasteiger partial charge >= 0.3 is 0 Å². The maximum absolute atomic E-state index is 6.06. The Morgan fingerprint density at radius 1 is 0.885 bits per heavy atom. The zero-order chi connectivity index (χ0) is 18.5. The lowest BCUT2D eigenvalue weighted by atomic mass is 9.85. The first-order chi connectivity index (χ1) is 12.2. The van der Waals surface area contributed by atoms with Crippen LogP contribution in [0.4, 0.5) is 0 Å². The van der Waals surface area contributed by atoms with Gasteiger partial charge in [-0.3, -0.25) is 4.98 Å². The molecular formula is C22H24N2O2.